The first kappa shape index (κ1) is 26.2. The van der Waals surface area contributed by atoms with Gasteiger partial charge in [-0.3, -0.25) is 5.41 Å². The molecule has 0 spiro atoms. The number of allylic oxidation sites excluding steroid dienone is 5. The van der Waals surface area contributed by atoms with E-state index >= 15 is 0 Å². The first-order chi connectivity index (χ1) is 14.8. The van der Waals surface area contributed by atoms with Gasteiger partial charge in [-0.25, -0.2) is 0 Å². The lowest BCUT2D eigenvalue weighted by atomic mass is 9.85. The molecule has 0 fully saturated rings. The van der Waals surface area contributed by atoms with E-state index in [4.69, 9.17) is 5.41 Å². The van der Waals surface area contributed by atoms with E-state index in [1.165, 1.54) is 27.8 Å². The third-order valence-corrected chi connectivity index (χ3v) is 5.76. The summed E-state index contributed by atoms with van der Waals surface area (Å²) in [5.74, 6) is 0.905. The van der Waals surface area contributed by atoms with Gasteiger partial charge in [0.05, 0.1) is 0 Å². The number of hydrogen-bond acceptors (Lipinski definition) is 1. The Morgan fingerprint density at radius 2 is 1.81 bits per heavy atom. The normalized spacial score (nSPS) is 13.6. The SMILES string of the molecule is C=CCCc1c(/C=C/C(CC(=C)C(=N)NC)C(C)C=C)cc(/C=C\C)c(/C=C\C)c1C. The summed E-state index contributed by atoms with van der Waals surface area (Å²) in [5.41, 5.74) is 7.26. The Hall–Kier alpha value is -2.87. The van der Waals surface area contributed by atoms with Crippen molar-refractivity contribution in [1.29, 1.82) is 5.41 Å². The second-order valence-electron chi connectivity index (χ2n) is 7.95. The van der Waals surface area contributed by atoms with Crippen LogP contribution in [-0.2, 0) is 6.42 Å². The molecule has 0 aliphatic carbocycles. The van der Waals surface area contributed by atoms with Gasteiger partial charge in [0.15, 0.2) is 0 Å². The van der Waals surface area contributed by atoms with Gasteiger partial charge in [-0.2, -0.15) is 0 Å². The maximum atomic E-state index is 8.02. The summed E-state index contributed by atoms with van der Waals surface area (Å²) in [7, 11) is 1.76. The lowest BCUT2D eigenvalue weighted by Crippen LogP contribution is -2.21. The fraction of sp³-hybridized carbons (Fsp3) is 0.345. The maximum Gasteiger partial charge on any atom is 0.120 e. The van der Waals surface area contributed by atoms with Crippen LogP contribution in [0, 0.1) is 24.2 Å². The van der Waals surface area contributed by atoms with Crippen LogP contribution in [0.5, 0.6) is 0 Å². The van der Waals surface area contributed by atoms with Crippen molar-refractivity contribution in [3.05, 3.63) is 89.6 Å². The third kappa shape index (κ3) is 7.40. The van der Waals surface area contributed by atoms with E-state index in [-0.39, 0.29) is 11.8 Å². The molecule has 2 nitrogen and oxygen atoms in total. The highest BCUT2D eigenvalue weighted by Crippen LogP contribution is 2.30. The van der Waals surface area contributed by atoms with Crippen LogP contribution in [0.3, 0.4) is 0 Å². The molecule has 0 saturated carbocycles. The molecule has 0 radical (unpaired) electrons. The first-order valence-corrected chi connectivity index (χ1v) is 11.1. The lowest BCUT2D eigenvalue weighted by Gasteiger charge is -2.20. The van der Waals surface area contributed by atoms with E-state index in [0.717, 1.165) is 24.8 Å². The molecule has 2 atom stereocenters. The van der Waals surface area contributed by atoms with Crippen LogP contribution >= 0.6 is 0 Å². The fourth-order valence-corrected chi connectivity index (χ4v) is 3.75. The van der Waals surface area contributed by atoms with E-state index in [9.17, 15) is 0 Å². The molecule has 2 N–H and O–H groups in total. The summed E-state index contributed by atoms with van der Waals surface area (Å²) in [5, 5.41) is 10.9. The van der Waals surface area contributed by atoms with Crippen molar-refractivity contribution in [2.75, 3.05) is 7.05 Å². The topological polar surface area (TPSA) is 35.9 Å². The van der Waals surface area contributed by atoms with E-state index < -0.39 is 0 Å². The Morgan fingerprint density at radius 1 is 1.13 bits per heavy atom. The minimum Gasteiger partial charge on any atom is -0.373 e. The highest BCUT2D eigenvalue weighted by atomic mass is 14.9. The van der Waals surface area contributed by atoms with E-state index in [0.29, 0.717) is 5.84 Å². The summed E-state index contributed by atoms with van der Waals surface area (Å²) in [4.78, 5) is 0. The van der Waals surface area contributed by atoms with Crippen LogP contribution in [-0.4, -0.2) is 12.9 Å². The molecule has 0 amide bonds. The van der Waals surface area contributed by atoms with Crippen LogP contribution in [0.1, 0.15) is 61.4 Å². The standard InChI is InChI=1S/C29H40N2/c1-9-13-16-28-23(7)27(15-11-3)25(14-10-2)20-26(28)18-17-24(21(5)12-4)19-22(6)29(30)31-8/h9-12,14-15,17-18,20-21,24H,1,4,6,13,16,19H2,2-3,5,7-8H3,(H2,30,31)/b14-10-,15-11-,18-17+. The van der Waals surface area contributed by atoms with Crippen molar-refractivity contribution >= 4 is 24.1 Å². The monoisotopic (exact) mass is 416 g/mol. The van der Waals surface area contributed by atoms with Gasteiger partial charge in [0.2, 0.25) is 0 Å². The fourth-order valence-electron chi connectivity index (χ4n) is 3.75. The molecular formula is C29H40N2. The number of hydrogen-bond donors (Lipinski definition) is 2. The summed E-state index contributed by atoms with van der Waals surface area (Å²) in [6.07, 6.45) is 19.7. The molecule has 166 valence electrons. The zero-order chi connectivity index (χ0) is 23.4. The van der Waals surface area contributed by atoms with Crippen LogP contribution in [0.25, 0.3) is 18.2 Å². The van der Waals surface area contributed by atoms with Crippen molar-refractivity contribution < 1.29 is 0 Å². The molecule has 0 aliphatic heterocycles. The zero-order valence-electron chi connectivity index (χ0n) is 20.1. The van der Waals surface area contributed by atoms with Crippen molar-refractivity contribution in [2.24, 2.45) is 11.8 Å². The quantitative estimate of drug-likeness (QED) is 0.204. The Labute approximate surface area is 190 Å². The van der Waals surface area contributed by atoms with Crippen LogP contribution in [0.4, 0.5) is 0 Å². The van der Waals surface area contributed by atoms with Gasteiger partial charge in [0.1, 0.15) is 5.84 Å². The van der Waals surface area contributed by atoms with Gasteiger partial charge in [0.25, 0.3) is 0 Å². The van der Waals surface area contributed by atoms with E-state index in [1.807, 2.05) is 12.2 Å². The zero-order valence-corrected chi connectivity index (χ0v) is 20.1. The molecule has 0 aliphatic rings. The summed E-state index contributed by atoms with van der Waals surface area (Å²) in [6.45, 7) is 20.5. The molecule has 0 aromatic heterocycles. The number of rotatable bonds is 12. The number of benzene rings is 1. The molecule has 1 aromatic rings. The molecule has 2 heteroatoms. The summed E-state index contributed by atoms with van der Waals surface area (Å²) < 4.78 is 0. The second kappa shape index (κ2) is 13.4. The van der Waals surface area contributed by atoms with Gasteiger partial charge in [-0.05, 0) is 91.3 Å². The number of likely N-dealkylation sites (N-methyl/N-ethyl adjacent to an activating group) is 1. The highest BCUT2D eigenvalue weighted by Gasteiger charge is 2.16. The molecule has 31 heavy (non-hydrogen) atoms. The van der Waals surface area contributed by atoms with Crippen molar-refractivity contribution in [3.8, 4) is 0 Å². The van der Waals surface area contributed by atoms with Gasteiger partial charge < -0.3 is 5.32 Å². The summed E-state index contributed by atoms with van der Waals surface area (Å²) >= 11 is 0. The minimum absolute atomic E-state index is 0.228. The van der Waals surface area contributed by atoms with Gasteiger partial charge >= 0.3 is 0 Å². The van der Waals surface area contributed by atoms with Gasteiger partial charge in [-0.1, -0.05) is 62.1 Å². The first-order valence-electron chi connectivity index (χ1n) is 11.1. The van der Waals surface area contributed by atoms with E-state index in [1.54, 1.807) is 7.05 Å². The molecule has 1 rings (SSSR count). The average molecular weight is 417 g/mol. The molecule has 0 heterocycles. The minimum atomic E-state index is 0.228. The van der Waals surface area contributed by atoms with Crippen molar-refractivity contribution in [3.63, 3.8) is 0 Å². The molecule has 0 saturated heterocycles. The summed E-state index contributed by atoms with van der Waals surface area (Å²) in [6, 6.07) is 2.29. The average Bonchev–Trinajstić information content (AvgIpc) is 2.77. The maximum absolute atomic E-state index is 8.02. The molecule has 0 bridgehead atoms. The third-order valence-electron chi connectivity index (χ3n) is 5.76. The van der Waals surface area contributed by atoms with Crippen molar-refractivity contribution in [2.45, 2.75) is 47.0 Å². The second-order valence-corrected chi connectivity index (χ2v) is 7.95. The van der Waals surface area contributed by atoms with Crippen LogP contribution in [0.15, 0.2) is 61.8 Å². The Morgan fingerprint density at radius 3 is 2.35 bits per heavy atom. The highest BCUT2D eigenvalue weighted by molar-refractivity contribution is 5.95. The van der Waals surface area contributed by atoms with Crippen LogP contribution < -0.4 is 5.32 Å². The Bertz CT molecular complexity index is 880. The predicted octanol–water partition coefficient (Wildman–Crippen LogP) is 7.77. The predicted molar refractivity (Wildman–Crippen MR) is 142 cm³/mol. The smallest absolute Gasteiger partial charge is 0.120 e. The molecular weight excluding hydrogens is 376 g/mol. The Balaban J connectivity index is 3.51. The number of amidine groups is 1. The lowest BCUT2D eigenvalue weighted by molar-refractivity contribution is 0.515. The molecule has 2 unspecified atom stereocenters. The molecule has 1 aromatic carbocycles. The Kier molecular flexibility index (Phi) is 11.3. The van der Waals surface area contributed by atoms with Crippen LogP contribution in [0.2, 0.25) is 0 Å². The van der Waals surface area contributed by atoms with Gasteiger partial charge in [-0.15, -0.1) is 13.2 Å². The van der Waals surface area contributed by atoms with Gasteiger partial charge in [0, 0.05) is 7.05 Å². The van der Waals surface area contributed by atoms with Crippen molar-refractivity contribution in [1.82, 2.24) is 5.32 Å². The van der Waals surface area contributed by atoms with E-state index in [2.05, 4.69) is 95.3 Å². The largest absolute Gasteiger partial charge is 0.373 e. The number of nitrogens with one attached hydrogen (secondary N) is 2.